The fourth-order valence-electron chi connectivity index (χ4n) is 3.57. The molecule has 2 heterocycles. The van der Waals surface area contributed by atoms with E-state index in [1.807, 2.05) is 24.3 Å². The molecular formula is C18H15N3O4. The number of hydrogen-bond acceptors (Lipinski definition) is 4. The smallest absolute Gasteiger partial charge is 0.269 e. The third-order valence-electron chi connectivity index (χ3n) is 4.77. The maximum absolute atomic E-state index is 11.5. The third kappa shape index (κ3) is 2.54. The number of benzene rings is 2. The van der Waals surface area contributed by atoms with Crippen molar-refractivity contribution >= 4 is 22.6 Å². The molecule has 0 unspecified atom stereocenters. The Balaban J connectivity index is 1.84. The molecule has 1 aliphatic heterocycles. The number of aromatic nitrogens is 1. The van der Waals surface area contributed by atoms with Crippen molar-refractivity contribution in [2.75, 3.05) is 0 Å². The summed E-state index contributed by atoms with van der Waals surface area (Å²) >= 11 is 0. The molecule has 126 valence electrons. The lowest BCUT2D eigenvalue weighted by molar-refractivity contribution is -0.717. The number of rotatable bonds is 3. The van der Waals surface area contributed by atoms with Crippen molar-refractivity contribution in [1.82, 2.24) is 4.98 Å². The zero-order chi connectivity index (χ0) is 17.6. The Kier molecular flexibility index (Phi) is 3.51. The first-order chi connectivity index (χ1) is 12.0. The van der Waals surface area contributed by atoms with Crippen molar-refractivity contribution in [2.45, 2.75) is 18.5 Å². The molecule has 1 aliphatic rings. The predicted molar refractivity (Wildman–Crippen MR) is 87.7 cm³/mol. The van der Waals surface area contributed by atoms with Gasteiger partial charge in [0.1, 0.15) is 6.04 Å². The Morgan fingerprint density at radius 2 is 1.88 bits per heavy atom. The van der Waals surface area contributed by atoms with Crippen LogP contribution in [0.2, 0.25) is 0 Å². The number of nitrogens with zero attached hydrogens (tertiary/aromatic N) is 1. The van der Waals surface area contributed by atoms with Gasteiger partial charge in [0.05, 0.1) is 16.6 Å². The van der Waals surface area contributed by atoms with Crippen molar-refractivity contribution in [2.24, 2.45) is 0 Å². The van der Waals surface area contributed by atoms with E-state index in [4.69, 9.17) is 0 Å². The summed E-state index contributed by atoms with van der Waals surface area (Å²) < 4.78 is 0. The molecule has 7 nitrogen and oxygen atoms in total. The number of non-ortho nitro benzene ring substituents is 1. The Morgan fingerprint density at radius 1 is 1.16 bits per heavy atom. The minimum Gasteiger partial charge on any atom is -0.544 e. The molecule has 0 saturated heterocycles. The number of hydrogen-bond donors (Lipinski definition) is 2. The maximum atomic E-state index is 11.5. The van der Waals surface area contributed by atoms with E-state index in [1.165, 1.54) is 12.1 Å². The summed E-state index contributed by atoms with van der Waals surface area (Å²) in [5, 5.41) is 25.1. The number of nitrogens with one attached hydrogen (secondary N) is 1. The molecule has 3 N–H and O–H groups in total. The molecule has 0 spiro atoms. The Labute approximate surface area is 142 Å². The summed E-state index contributed by atoms with van der Waals surface area (Å²) in [7, 11) is 0. The summed E-state index contributed by atoms with van der Waals surface area (Å²) in [6.45, 7) is 0. The zero-order valence-electron chi connectivity index (χ0n) is 13.1. The molecule has 2 atom stereocenters. The van der Waals surface area contributed by atoms with Gasteiger partial charge in [-0.2, -0.15) is 0 Å². The quantitative estimate of drug-likeness (QED) is 0.532. The van der Waals surface area contributed by atoms with Crippen LogP contribution in [0.1, 0.15) is 22.9 Å². The highest BCUT2D eigenvalue weighted by Gasteiger charge is 2.34. The average Bonchev–Trinajstić information content (AvgIpc) is 2.99. The summed E-state index contributed by atoms with van der Waals surface area (Å²) in [6, 6.07) is 13.0. The molecule has 0 saturated carbocycles. The normalized spacial score (nSPS) is 19.5. The van der Waals surface area contributed by atoms with Gasteiger partial charge in [0.2, 0.25) is 0 Å². The fourth-order valence-corrected chi connectivity index (χ4v) is 3.57. The van der Waals surface area contributed by atoms with Crippen molar-refractivity contribution in [3.05, 3.63) is 75.5 Å². The zero-order valence-corrected chi connectivity index (χ0v) is 13.1. The fraction of sp³-hybridized carbons (Fsp3) is 0.167. The van der Waals surface area contributed by atoms with E-state index in [-0.39, 0.29) is 11.7 Å². The van der Waals surface area contributed by atoms with Crippen molar-refractivity contribution in [3.8, 4) is 0 Å². The molecule has 4 rings (SSSR count). The summed E-state index contributed by atoms with van der Waals surface area (Å²) in [6.07, 6.45) is 0.380. The third-order valence-corrected chi connectivity index (χ3v) is 4.77. The molecule has 3 aromatic rings. The van der Waals surface area contributed by atoms with Gasteiger partial charge in [-0.3, -0.25) is 10.1 Å². The average molecular weight is 337 g/mol. The number of nitrogens with two attached hydrogens (primary N) is 1. The van der Waals surface area contributed by atoms with Gasteiger partial charge in [-0.05, 0) is 23.8 Å². The highest BCUT2D eigenvalue weighted by molar-refractivity contribution is 5.86. The van der Waals surface area contributed by atoms with E-state index in [2.05, 4.69) is 4.98 Å². The molecule has 7 heteroatoms. The lowest BCUT2D eigenvalue weighted by Crippen LogP contribution is -2.95. The van der Waals surface area contributed by atoms with E-state index in [0.29, 0.717) is 6.42 Å². The number of carboxylic acid groups (broad SMARTS) is 1. The molecule has 0 fully saturated rings. The molecular weight excluding hydrogens is 322 g/mol. The molecule has 0 radical (unpaired) electrons. The maximum Gasteiger partial charge on any atom is 0.269 e. The Bertz CT molecular complexity index is 978. The van der Waals surface area contributed by atoms with Gasteiger partial charge in [0.15, 0.2) is 6.04 Å². The number of fused-ring (bicyclic) bond motifs is 3. The molecule has 0 amide bonds. The number of H-pyrrole nitrogens is 1. The van der Waals surface area contributed by atoms with Crippen LogP contribution in [0.4, 0.5) is 5.69 Å². The first-order valence-electron chi connectivity index (χ1n) is 7.94. The first-order valence-corrected chi connectivity index (χ1v) is 7.94. The number of carbonyl (C=O) groups is 1. The Morgan fingerprint density at radius 3 is 2.56 bits per heavy atom. The second kappa shape index (κ2) is 5.71. The van der Waals surface area contributed by atoms with Gasteiger partial charge in [-0.1, -0.05) is 18.2 Å². The van der Waals surface area contributed by atoms with E-state index < -0.39 is 16.9 Å². The van der Waals surface area contributed by atoms with Crippen LogP contribution in [0, 0.1) is 10.1 Å². The largest absolute Gasteiger partial charge is 0.544 e. The lowest BCUT2D eigenvalue weighted by atomic mass is 9.90. The van der Waals surface area contributed by atoms with Crippen molar-refractivity contribution in [1.29, 1.82) is 0 Å². The summed E-state index contributed by atoms with van der Waals surface area (Å²) in [4.78, 5) is 25.3. The van der Waals surface area contributed by atoms with Gasteiger partial charge in [0.25, 0.3) is 5.69 Å². The van der Waals surface area contributed by atoms with Crippen LogP contribution in [-0.4, -0.2) is 21.9 Å². The molecule has 0 aliphatic carbocycles. The molecule has 0 bridgehead atoms. The van der Waals surface area contributed by atoms with E-state index in [1.54, 1.807) is 17.4 Å². The topological polar surface area (TPSA) is 116 Å². The van der Waals surface area contributed by atoms with Crippen LogP contribution >= 0.6 is 0 Å². The predicted octanol–water partition coefficient (Wildman–Crippen LogP) is 0.403. The minimum absolute atomic E-state index is 0.00730. The number of nitro benzene ring substituents is 1. The lowest BCUT2D eigenvalue weighted by Gasteiger charge is -2.28. The number of aliphatic carboxylic acids is 1. The first kappa shape index (κ1) is 15.3. The van der Waals surface area contributed by atoms with Crippen LogP contribution in [0.25, 0.3) is 10.9 Å². The highest BCUT2D eigenvalue weighted by Crippen LogP contribution is 2.32. The number of quaternary nitrogens is 1. The van der Waals surface area contributed by atoms with Crippen LogP contribution in [-0.2, 0) is 11.2 Å². The number of carbonyl (C=O) groups excluding carboxylic acids is 1. The molecule has 1 aromatic heterocycles. The minimum atomic E-state index is -1.11. The number of para-hydroxylation sites is 1. The van der Waals surface area contributed by atoms with Gasteiger partial charge < -0.3 is 20.2 Å². The van der Waals surface area contributed by atoms with Gasteiger partial charge >= 0.3 is 0 Å². The van der Waals surface area contributed by atoms with E-state index in [9.17, 15) is 20.0 Å². The highest BCUT2D eigenvalue weighted by atomic mass is 16.6. The monoisotopic (exact) mass is 337 g/mol. The van der Waals surface area contributed by atoms with Crippen LogP contribution in [0.3, 0.4) is 0 Å². The van der Waals surface area contributed by atoms with Gasteiger partial charge in [0, 0.05) is 35.0 Å². The van der Waals surface area contributed by atoms with Gasteiger partial charge in [-0.15, -0.1) is 0 Å². The number of aromatic amines is 1. The van der Waals surface area contributed by atoms with Crippen LogP contribution in [0.5, 0.6) is 0 Å². The van der Waals surface area contributed by atoms with Crippen molar-refractivity contribution < 1.29 is 20.1 Å². The van der Waals surface area contributed by atoms with Crippen LogP contribution in [0.15, 0.2) is 48.5 Å². The van der Waals surface area contributed by atoms with E-state index in [0.717, 1.165) is 27.7 Å². The SMILES string of the molecule is O=C([O-])[C@H]1Cc2c([nH]c3ccccc23)[C@H](c2ccc([N+](=O)[O-])cc2)[NH2+]1. The molecule has 25 heavy (non-hydrogen) atoms. The summed E-state index contributed by atoms with van der Waals surface area (Å²) in [5.41, 5.74) is 3.67. The standard InChI is InChI=1S/C18H15N3O4/c22-18(23)15-9-13-12-3-1-2-4-14(12)19-17(13)16(20-15)10-5-7-11(8-6-10)21(24)25/h1-8,15-16,19-20H,9H2,(H,22,23)/t15-,16+/m1/s1. The second-order valence-electron chi connectivity index (χ2n) is 6.21. The number of carboxylic acids is 1. The summed E-state index contributed by atoms with van der Waals surface area (Å²) in [5.74, 6) is -1.11. The van der Waals surface area contributed by atoms with Crippen LogP contribution < -0.4 is 10.4 Å². The van der Waals surface area contributed by atoms with Crippen molar-refractivity contribution in [3.63, 3.8) is 0 Å². The second-order valence-corrected chi connectivity index (χ2v) is 6.21. The van der Waals surface area contributed by atoms with Gasteiger partial charge in [-0.25, -0.2) is 0 Å². The number of nitro groups is 1. The molecule has 2 aromatic carbocycles. The van der Waals surface area contributed by atoms with E-state index >= 15 is 0 Å². The Hall–Kier alpha value is -3.19.